The summed E-state index contributed by atoms with van der Waals surface area (Å²) in [7, 11) is 0. The van der Waals surface area contributed by atoms with Crippen LogP contribution < -0.4 is 5.32 Å². The molecule has 0 amide bonds. The van der Waals surface area contributed by atoms with Crippen LogP contribution in [0.3, 0.4) is 0 Å². The zero-order chi connectivity index (χ0) is 13.4. The highest BCUT2D eigenvalue weighted by molar-refractivity contribution is 5.03. The largest absolute Gasteiger partial charge is 0.303 e. The third-order valence-corrected chi connectivity index (χ3v) is 3.88. The zero-order valence-electron chi connectivity index (χ0n) is 12.3. The van der Waals surface area contributed by atoms with E-state index in [1.807, 2.05) is 6.92 Å². The number of hydrogen-bond acceptors (Lipinski definition) is 3. The molecule has 0 bridgehead atoms. The second-order valence-electron chi connectivity index (χ2n) is 5.77. The van der Waals surface area contributed by atoms with Crippen molar-refractivity contribution in [2.24, 2.45) is 5.92 Å². The molecule has 0 aromatic rings. The van der Waals surface area contributed by atoms with Crippen LogP contribution in [0.25, 0.3) is 0 Å². The number of nitriles is 1. The minimum atomic E-state index is -0.331. The molecule has 3 nitrogen and oxygen atoms in total. The Hall–Kier alpha value is -0.590. The van der Waals surface area contributed by atoms with E-state index in [1.165, 1.54) is 38.9 Å². The summed E-state index contributed by atoms with van der Waals surface area (Å²) in [5.74, 6) is 0.982. The normalized spacial score (nSPS) is 18.6. The number of unbranched alkanes of at least 4 members (excludes halogenated alkanes) is 1. The lowest BCUT2D eigenvalue weighted by Crippen LogP contribution is -2.40. The number of nitrogens with zero attached hydrogens (tertiary/aromatic N) is 2. The van der Waals surface area contributed by atoms with Gasteiger partial charge in [0.15, 0.2) is 0 Å². The molecule has 0 aromatic carbocycles. The monoisotopic (exact) mass is 251 g/mol. The molecule has 1 unspecified atom stereocenters. The molecule has 0 heterocycles. The van der Waals surface area contributed by atoms with Crippen LogP contribution in [0.4, 0.5) is 0 Å². The summed E-state index contributed by atoms with van der Waals surface area (Å²) < 4.78 is 0. The molecule has 1 aliphatic rings. The zero-order valence-corrected chi connectivity index (χ0v) is 12.3. The molecule has 0 radical (unpaired) electrons. The van der Waals surface area contributed by atoms with Gasteiger partial charge in [-0.25, -0.2) is 0 Å². The van der Waals surface area contributed by atoms with E-state index in [9.17, 15) is 5.26 Å². The average Bonchev–Trinajstić information content (AvgIpc) is 3.17. The molecule has 104 valence electrons. The Morgan fingerprint density at radius 1 is 1.33 bits per heavy atom. The lowest BCUT2D eigenvalue weighted by atomic mass is 9.96. The highest BCUT2D eigenvalue weighted by atomic mass is 15.1. The lowest BCUT2D eigenvalue weighted by Gasteiger charge is -2.24. The summed E-state index contributed by atoms with van der Waals surface area (Å²) in [6.45, 7) is 10.8. The fourth-order valence-corrected chi connectivity index (χ4v) is 2.43. The van der Waals surface area contributed by atoms with Gasteiger partial charge < -0.3 is 4.90 Å². The van der Waals surface area contributed by atoms with Gasteiger partial charge >= 0.3 is 0 Å². The first kappa shape index (κ1) is 15.5. The smallest absolute Gasteiger partial charge is 0.103 e. The first-order chi connectivity index (χ1) is 8.63. The molecule has 0 aliphatic heterocycles. The van der Waals surface area contributed by atoms with Gasteiger partial charge in [-0.15, -0.1) is 0 Å². The van der Waals surface area contributed by atoms with Crippen LogP contribution in [0.5, 0.6) is 0 Å². The Kier molecular flexibility index (Phi) is 6.67. The molecule has 18 heavy (non-hydrogen) atoms. The average molecular weight is 251 g/mol. The molecule has 3 heteroatoms. The maximum absolute atomic E-state index is 9.18. The highest BCUT2D eigenvalue weighted by Gasteiger charge is 2.24. The summed E-state index contributed by atoms with van der Waals surface area (Å²) in [5.41, 5.74) is -0.331. The summed E-state index contributed by atoms with van der Waals surface area (Å²) in [6.07, 6.45) is 6.17. The Morgan fingerprint density at radius 3 is 2.56 bits per heavy atom. The van der Waals surface area contributed by atoms with Crippen molar-refractivity contribution in [3.63, 3.8) is 0 Å². The topological polar surface area (TPSA) is 39.1 Å². The Labute approximate surface area is 113 Å². The fraction of sp³-hybridized carbons (Fsp3) is 0.933. The van der Waals surface area contributed by atoms with Crippen LogP contribution >= 0.6 is 0 Å². The van der Waals surface area contributed by atoms with E-state index in [4.69, 9.17) is 0 Å². The third-order valence-electron chi connectivity index (χ3n) is 3.88. The molecule has 1 saturated carbocycles. The van der Waals surface area contributed by atoms with Crippen molar-refractivity contribution in [2.45, 2.75) is 58.4 Å². The standard InChI is InChI=1S/C15H29N3/c1-4-17-15(3,13-16)10-6-7-11-18(5-2)12-14-8-9-14/h14,17H,4-12H2,1-3H3. The predicted octanol–water partition coefficient (Wildman–Crippen LogP) is 2.78. The molecular weight excluding hydrogens is 222 g/mol. The van der Waals surface area contributed by atoms with Crippen molar-refractivity contribution >= 4 is 0 Å². The van der Waals surface area contributed by atoms with Gasteiger partial charge in [-0.2, -0.15) is 5.26 Å². The van der Waals surface area contributed by atoms with Gasteiger partial charge in [0.05, 0.1) is 6.07 Å². The maximum atomic E-state index is 9.18. The first-order valence-corrected chi connectivity index (χ1v) is 7.52. The summed E-state index contributed by atoms with van der Waals surface area (Å²) >= 11 is 0. The third kappa shape index (κ3) is 5.84. The van der Waals surface area contributed by atoms with Gasteiger partial charge in [-0.3, -0.25) is 5.32 Å². The summed E-state index contributed by atoms with van der Waals surface area (Å²) in [6, 6.07) is 2.40. The van der Waals surface area contributed by atoms with Crippen LogP contribution in [-0.2, 0) is 0 Å². The molecule has 1 rings (SSSR count). The second-order valence-corrected chi connectivity index (χ2v) is 5.77. The highest BCUT2D eigenvalue weighted by Crippen LogP contribution is 2.29. The number of rotatable bonds is 10. The molecule has 1 fully saturated rings. The van der Waals surface area contributed by atoms with Gasteiger partial charge in [0.1, 0.15) is 5.54 Å². The number of nitrogens with one attached hydrogen (secondary N) is 1. The Morgan fingerprint density at radius 2 is 2.06 bits per heavy atom. The van der Waals surface area contributed by atoms with Crippen LogP contribution in [0.15, 0.2) is 0 Å². The predicted molar refractivity (Wildman–Crippen MR) is 76.4 cm³/mol. The quantitative estimate of drug-likeness (QED) is 0.607. The van der Waals surface area contributed by atoms with Crippen molar-refractivity contribution in [1.29, 1.82) is 5.26 Å². The van der Waals surface area contributed by atoms with E-state index in [1.54, 1.807) is 0 Å². The van der Waals surface area contributed by atoms with Crippen molar-refractivity contribution < 1.29 is 0 Å². The van der Waals surface area contributed by atoms with E-state index in [2.05, 4.69) is 30.1 Å². The van der Waals surface area contributed by atoms with Crippen LogP contribution in [-0.4, -0.2) is 36.6 Å². The molecule has 0 aromatic heterocycles. The lowest BCUT2D eigenvalue weighted by molar-refractivity contribution is 0.265. The fourth-order valence-electron chi connectivity index (χ4n) is 2.43. The van der Waals surface area contributed by atoms with E-state index >= 15 is 0 Å². The van der Waals surface area contributed by atoms with Crippen LogP contribution in [0.1, 0.15) is 52.9 Å². The van der Waals surface area contributed by atoms with Gasteiger partial charge in [-0.05, 0) is 64.6 Å². The molecule has 0 saturated heterocycles. The Balaban J connectivity index is 2.13. The van der Waals surface area contributed by atoms with E-state index < -0.39 is 0 Å². The van der Waals surface area contributed by atoms with Crippen molar-refractivity contribution in [2.75, 3.05) is 26.2 Å². The molecule has 1 aliphatic carbocycles. The van der Waals surface area contributed by atoms with Gasteiger partial charge in [0, 0.05) is 6.54 Å². The van der Waals surface area contributed by atoms with Crippen molar-refractivity contribution in [1.82, 2.24) is 10.2 Å². The molecule has 1 N–H and O–H groups in total. The van der Waals surface area contributed by atoms with Gasteiger partial charge in [-0.1, -0.05) is 13.8 Å². The maximum Gasteiger partial charge on any atom is 0.103 e. The second kappa shape index (κ2) is 7.76. The van der Waals surface area contributed by atoms with Crippen LogP contribution in [0.2, 0.25) is 0 Å². The molecule has 0 spiro atoms. The first-order valence-electron chi connectivity index (χ1n) is 7.52. The van der Waals surface area contributed by atoms with Gasteiger partial charge in [0.25, 0.3) is 0 Å². The van der Waals surface area contributed by atoms with Crippen molar-refractivity contribution in [3.8, 4) is 6.07 Å². The minimum Gasteiger partial charge on any atom is -0.303 e. The van der Waals surface area contributed by atoms with E-state index in [-0.39, 0.29) is 5.54 Å². The SMILES string of the molecule is CCNC(C)(C#N)CCCCN(CC)CC1CC1. The molecular formula is C15H29N3. The van der Waals surface area contributed by atoms with Crippen LogP contribution in [0, 0.1) is 17.2 Å². The summed E-state index contributed by atoms with van der Waals surface area (Å²) in [5, 5.41) is 12.5. The molecule has 1 atom stereocenters. The van der Waals surface area contributed by atoms with E-state index in [0.29, 0.717) is 0 Å². The van der Waals surface area contributed by atoms with Gasteiger partial charge in [0.2, 0.25) is 0 Å². The number of hydrogen-bond donors (Lipinski definition) is 1. The summed E-state index contributed by atoms with van der Waals surface area (Å²) in [4.78, 5) is 2.56. The van der Waals surface area contributed by atoms with E-state index in [0.717, 1.165) is 25.3 Å². The Bertz CT molecular complexity index is 267. The minimum absolute atomic E-state index is 0.331. The van der Waals surface area contributed by atoms with Crippen molar-refractivity contribution in [3.05, 3.63) is 0 Å².